The van der Waals surface area contributed by atoms with Crippen molar-refractivity contribution in [1.82, 2.24) is 4.98 Å². The van der Waals surface area contributed by atoms with Gasteiger partial charge in [-0.05, 0) is 12.3 Å². The molecule has 0 bridgehead atoms. The van der Waals surface area contributed by atoms with Gasteiger partial charge in [0.25, 0.3) is 0 Å². The van der Waals surface area contributed by atoms with E-state index in [-0.39, 0.29) is 6.04 Å². The normalized spacial score (nSPS) is 13.4. The molecular formula is C12H22N2S. The molecule has 0 aromatic carbocycles. The van der Waals surface area contributed by atoms with Gasteiger partial charge in [0.1, 0.15) is 5.01 Å². The van der Waals surface area contributed by atoms with Crippen molar-refractivity contribution in [2.24, 2.45) is 5.73 Å². The van der Waals surface area contributed by atoms with Crippen LogP contribution in [-0.2, 0) is 0 Å². The summed E-state index contributed by atoms with van der Waals surface area (Å²) in [5.74, 6) is 0.512. The van der Waals surface area contributed by atoms with E-state index in [1.165, 1.54) is 25.0 Å². The van der Waals surface area contributed by atoms with E-state index in [0.717, 1.165) is 11.4 Å². The van der Waals surface area contributed by atoms with Crippen LogP contribution in [0.2, 0.25) is 0 Å². The van der Waals surface area contributed by atoms with Crippen LogP contribution in [0, 0.1) is 0 Å². The zero-order chi connectivity index (χ0) is 11.3. The summed E-state index contributed by atoms with van der Waals surface area (Å²) in [5, 5.41) is 3.24. The maximum atomic E-state index is 6.10. The highest BCUT2D eigenvalue weighted by Gasteiger charge is 2.11. The summed E-state index contributed by atoms with van der Waals surface area (Å²) in [4.78, 5) is 4.58. The van der Waals surface area contributed by atoms with Crippen molar-refractivity contribution in [2.75, 3.05) is 0 Å². The molecular weight excluding hydrogens is 204 g/mol. The predicted molar refractivity (Wildman–Crippen MR) is 67.3 cm³/mol. The first-order valence-electron chi connectivity index (χ1n) is 5.86. The van der Waals surface area contributed by atoms with Crippen molar-refractivity contribution < 1.29 is 0 Å². The molecule has 1 atom stereocenters. The molecule has 1 aromatic rings. The first-order valence-corrected chi connectivity index (χ1v) is 6.74. The monoisotopic (exact) mass is 226 g/mol. The van der Waals surface area contributed by atoms with Gasteiger partial charge >= 0.3 is 0 Å². The summed E-state index contributed by atoms with van der Waals surface area (Å²) >= 11 is 1.71. The van der Waals surface area contributed by atoms with Crippen LogP contribution in [-0.4, -0.2) is 4.98 Å². The number of unbranched alkanes of at least 4 members (excludes halogenated alkanes) is 2. The third-order valence-corrected chi connectivity index (χ3v) is 3.56. The molecule has 2 nitrogen and oxygen atoms in total. The lowest BCUT2D eigenvalue weighted by atomic mass is 10.1. The number of hydrogen-bond donors (Lipinski definition) is 1. The lowest BCUT2D eigenvalue weighted by Gasteiger charge is -2.07. The molecule has 0 radical (unpaired) electrons. The number of rotatable bonds is 6. The van der Waals surface area contributed by atoms with Gasteiger partial charge in [-0.25, -0.2) is 4.98 Å². The smallest absolute Gasteiger partial charge is 0.110 e. The van der Waals surface area contributed by atoms with E-state index in [0.29, 0.717) is 5.92 Å². The maximum absolute atomic E-state index is 6.10. The Balaban J connectivity index is 2.47. The van der Waals surface area contributed by atoms with Crippen molar-refractivity contribution >= 4 is 11.3 Å². The quantitative estimate of drug-likeness (QED) is 0.748. The van der Waals surface area contributed by atoms with Crippen LogP contribution < -0.4 is 5.73 Å². The molecule has 1 rings (SSSR count). The first kappa shape index (κ1) is 12.7. The molecule has 1 heterocycles. The molecule has 1 unspecified atom stereocenters. The minimum atomic E-state index is 0.147. The molecule has 0 spiro atoms. The van der Waals surface area contributed by atoms with E-state index >= 15 is 0 Å². The molecule has 0 aliphatic carbocycles. The second kappa shape index (κ2) is 6.23. The minimum absolute atomic E-state index is 0.147. The van der Waals surface area contributed by atoms with E-state index in [9.17, 15) is 0 Å². The largest absolute Gasteiger partial charge is 0.322 e. The van der Waals surface area contributed by atoms with Crippen LogP contribution in [0.5, 0.6) is 0 Å². The van der Waals surface area contributed by atoms with Crippen LogP contribution in [0.3, 0.4) is 0 Å². The van der Waals surface area contributed by atoms with Gasteiger partial charge in [0.2, 0.25) is 0 Å². The minimum Gasteiger partial charge on any atom is -0.322 e. The van der Waals surface area contributed by atoms with Crippen molar-refractivity contribution in [1.29, 1.82) is 0 Å². The zero-order valence-corrected chi connectivity index (χ0v) is 10.8. The number of thiazole rings is 1. The Morgan fingerprint density at radius 1 is 1.40 bits per heavy atom. The molecule has 2 N–H and O–H groups in total. The Kier molecular flexibility index (Phi) is 5.26. The Hall–Kier alpha value is -0.410. The van der Waals surface area contributed by atoms with Crippen molar-refractivity contribution in [3.8, 4) is 0 Å². The molecule has 0 saturated heterocycles. The molecule has 0 saturated carbocycles. The van der Waals surface area contributed by atoms with E-state index in [4.69, 9.17) is 5.73 Å². The summed E-state index contributed by atoms with van der Waals surface area (Å²) in [7, 11) is 0. The predicted octanol–water partition coefficient (Wildman–Crippen LogP) is 3.85. The Bertz CT molecular complexity index is 281. The van der Waals surface area contributed by atoms with Gasteiger partial charge in [0.05, 0.1) is 11.7 Å². The average molecular weight is 226 g/mol. The fourth-order valence-electron chi connectivity index (χ4n) is 1.47. The van der Waals surface area contributed by atoms with Crippen LogP contribution in [0.1, 0.15) is 69.1 Å². The second-order valence-corrected chi connectivity index (χ2v) is 5.26. The van der Waals surface area contributed by atoms with Gasteiger partial charge in [-0.15, -0.1) is 11.3 Å². The second-order valence-electron chi connectivity index (χ2n) is 4.37. The Labute approximate surface area is 96.9 Å². The highest BCUT2D eigenvalue weighted by Crippen LogP contribution is 2.24. The zero-order valence-electron chi connectivity index (χ0n) is 9.99. The molecule has 0 aliphatic heterocycles. The van der Waals surface area contributed by atoms with Gasteiger partial charge in [-0.1, -0.05) is 40.0 Å². The molecule has 1 aromatic heterocycles. The third-order valence-electron chi connectivity index (χ3n) is 2.57. The van der Waals surface area contributed by atoms with E-state index in [1.807, 2.05) is 0 Å². The molecule has 0 fully saturated rings. The van der Waals surface area contributed by atoms with Crippen LogP contribution in [0.4, 0.5) is 0 Å². The highest BCUT2D eigenvalue weighted by molar-refractivity contribution is 7.09. The fourth-order valence-corrected chi connectivity index (χ4v) is 2.49. The number of hydrogen-bond acceptors (Lipinski definition) is 3. The SMILES string of the molecule is CCCCCC(N)c1nc(C(C)C)cs1. The van der Waals surface area contributed by atoms with Crippen LogP contribution in [0.25, 0.3) is 0 Å². The van der Waals surface area contributed by atoms with Crippen molar-refractivity contribution in [3.05, 3.63) is 16.1 Å². The molecule has 0 aliphatic rings. The molecule has 0 amide bonds. The summed E-state index contributed by atoms with van der Waals surface area (Å²) in [6.07, 6.45) is 4.81. The van der Waals surface area contributed by atoms with Crippen molar-refractivity contribution in [2.45, 2.75) is 58.4 Å². The lowest BCUT2D eigenvalue weighted by Crippen LogP contribution is -2.10. The Morgan fingerprint density at radius 3 is 2.67 bits per heavy atom. The van der Waals surface area contributed by atoms with Gasteiger partial charge in [-0.3, -0.25) is 0 Å². The van der Waals surface area contributed by atoms with Gasteiger partial charge in [0, 0.05) is 5.38 Å². The van der Waals surface area contributed by atoms with Gasteiger partial charge in [-0.2, -0.15) is 0 Å². The van der Waals surface area contributed by atoms with Crippen LogP contribution in [0.15, 0.2) is 5.38 Å². The van der Waals surface area contributed by atoms with E-state index in [2.05, 4.69) is 31.1 Å². The standard InChI is InChI=1S/C12H22N2S/c1-4-5-6-7-10(13)12-14-11(8-15-12)9(2)3/h8-10H,4-7,13H2,1-3H3. The van der Waals surface area contributed by atoms with Crippen LogP contribution >= 0.6 is 11.3 Å². The molecule has 15 heavy (non-hydrogen) atoms. The van der Waals surface area contributed by atoms with E-state index < -0.39 is 0 Å². The summed E-state index contributed by atoms with van der Waals surface area (Å²) in [6.45, 7) is 6.55. The van der Waals surface area contributed by atoms with E-state index in [1.54, 1.807) is 11.3 Å². The molecule has 3 heteroatoms. The number of aromatic nitrogens is 1. The average Bonchev–Trinajstić information content (AvgIpc) is 2.66. The fraction of sp³-hybridized carbons (Fsp3) is 0.750. The first-order chi connectivity index (χ1) is 7.15. The van der Waals surface area contributed by atoms with Gasteiger partial charge in [0.15, 0.2) is 0 Å². The maximum Gasteiger partial charge on any atom is 0.110 e. The summed E-state index contributed by atoms with van der Waals surface area (Å²) < 4.78 is 0. The number of nitrogens with zero attached hydrogens (tertiary/aromatic N) is 1. The third kappa shape index (κ3) is 3.92. The number of nitrogens with two attached hydrogens (primary N) is 1. The highest BCUT2D eigenvalue weighted by atomic mass is 32.1. The van der Waals surface area contributed by atoms with Crippen molar-refractivity contribution in [3.63, 3.8) is 0 Å². The summed E-state index contributed by atoms with van der Waals surface area (Å²) in [6, 6.07) is 0.147. The lowest BCUT2D eigenvalue weighted by molar-refractivity contribution is 0.577. The topological polar surface area (TPSA) is 38.9 Å². The molecule has 86 valence electrons. The Morgan fingerprint density at radius 2 is 2.13 bits per heavy atom. The summed E-state index contributed by atoms with van der Waals surface area (Å²) in [5.41, 5.74) is 7.28. The van der Waals surface area contributed by atoms with Gasteiger partial charge < -0.3 is 5.73 Å².